The van der Waals surface area contributed by atoms with E-state index in [1.54, 1.807) is 7.05 Å². The second-order valence-electron chi connectivity index (χ2n) is 2.90. The minimum Gasteiger partial charge on any atom is -0.370 e. The fourth-order valence-electron chi connectivity index (χ4n) is 1.04. The average Bonchev–Trinajstić information content (AvgIpc) is 2.29. The van der Waals surface area contributed by atoms with Crippen molar-refractivity contribution in [1.29, 1.82) is 0 Å². The molecule has 1 aromatic carbocycles. The molecular formula is C10H15N3OS. The zero-order valence-electron chi connectivity index (χ0n) is 8.64. The molecule has 0 saturated heterocycles. The van der Waals surface area contributed by atoms with Gasteiger partial charge in [0.15, 0.2) is 5.96 Å². The number of hydrogen-bond acceptors (Lipinski definition) is 2. The summed E-state index contributed by atoms with van der Waals surface area (Å²) < 4.78 is 11.7. The number of rotatable bonds is 4. The van der Waals surface area contributed by atoms with Gasteiger partial charge in [0.1, 0.15) is 0 Å². The molecular weight excluding hydrogens is 210 g/mol. The van der Waals surface area contributed by atoms with Gasteiger partial charge in [-0.05, 0) is 12.1 Å². The number of guanidine groups is 1. The molecule has 0 aromatic heterocycles. The maximum Gasteiger partial charge on any atom is 0.188 e. The zero-order valence-corrected chi connectivity index (χ0v) is 9.46. The minimum absolute atomic E-state index is 0.375. The number of hydrogen-bond donors (Lipinski definition) is 2. The summed E-state index contributed by atoms with van der Waals surface area (Å²) in [5.41, 5.74) is 5.44. The molecule has 0 spiro atoms. The largest absolute Gasteiger partial charge is 0.370 e. The quantitative estimate of drug-likeness (QED) is 0.573. The standard InChI is InChI=1S/C10H15N3OS/c1-12-10(11)13-7-8-15(14)9-5-3-2-4-6-9/h2-6H,7-8H2,1H3,(H3,11,12,13). The Kier molecular flexibility index (Phi) is 4.83. The average molecular weight is 225 g/mol. The molecule has 0 aliphatic carbocycles. The predicted octanol–water partition coefficient (Wildman–Crippen LogP) is 0.328. The fraction of sp³-hybridized carbons (Fsp3) is 0.300. The molecule has 5 heteroatoms. The van der Waals surface area contributed by atoms with Gasteiger partial charge in [-0.15, -0.1) is 0 Å². The van der Waals surface area contributed by atoms with Gasteiger partial charge < -0.3 is 11.1 Å². The summed E-state index contributed by atoms with van der Waals surface area (Å²) in [5, 5.41) is 2.87. The van der Waals surface area contributed by atoms with E-state index < -0.39 is 10.8 Å². The highest BCUT2D eigenvalue weighted by atomic mass is 32.2. The molecule has 0 bridgehead atoms. The van der Waals surface area contributed by atoms with Gasteiger partial charge in [-0.2, -0.15) is 0 Å². The van der Waals surface area contributed by atoms with Crippen LogP contribution in [0.2, 0.25) is 0 Å². The van der Waals surface area contributed by atoms with E-state index in [9.17, 15) is 4.21 Å². The highest BCUT2D eigenvalue weighted by Crippen LogP contribution is 2.04. The summed E-state index contributed by atoms with van der Waals surface area (Å²) in [4.78, 5) is 4.58. The topological polar surface area (TPSA) is 67.5 Å². The van der Waals surface area contributed by atoms with Crippen molar-refractivity contribution in [3.05, 3.63) is 30.3 Å². The molecule has 0 aliphatic rings. The summed E-state index contributed by atoms with van der Waals surface area (Å²) in [6.07, 6.45) is 0. The third-order valence-electron chi connectivity index (χ3n) is 1.84. The molecule has 0 fully saturated rings. The molecule has 0 aliphatic heterocycles. The van der Waals surface area contributed by atoms with Crippen molar-refractivity contribution < 1.29 is 4.21 Å². The summed E-state index contributed by atoms with van der Waals surface area (Å²) in [5.74, 6) is 0.903. The van der Waals surface area contributed by atoms with Gasteiger partial charge in [-0.1, -0.05) is 18.2 Å². The lowest BCUT2D eigenvalue weighted by molar-refractivity contribution is 0.681. The van der Waals surface area contributed by atoms with E-state index in [1.165, 1.54) is 0 Å². The first-order valence-corrected chi connectivity index (χ1v) is 5.95. The van der Waals surface area contributed by atoms with Crippen LogP contribution < -0.4 is 11.1 Å². The van der Waals surface area contributed by atoms with Gasteiger partial charge in [-0.25, -0.2) is 0 Å². The van der Waals surface area contributed by atoms with Crippen LogP contribution in [0.1, 0.15) is 0 Å². The zero-order chi connectivity index (χ0) is 11.1. The van der Waals surface area contributed by atoms with Crippen LogP contribution in [0.3, 0.4) is 0 Å². The smallest absolute Gasteiger partial charge is 0.188 e. The first-order valence-electron chi connectivity index (χ1n) is 4.63. The first kappa shape index (κ1) is 11.7. The van der Waals surface area contributed by atoms with E-state index in [0.29, 0.717) is 18.3 Å². The van der Waals surface area contributed by atoms with Crippen LogP contribution in [0, 0.1) is 0 Å². The van der Waals surface area contributed by atoms with Crippen molar-refractivity contribution in [3.8, 4) is 0 Å². The Morgan fingerprint density at radius 2 is 2.13 bits per heavy atom. The molecule has 15 heavy (non-hydrogen) atoms. The number of benzene rings is 1. The Morgan fingerprint density at radius 3 is 2.73 bits per heavy atom. The molecule has 1 unspecified atom stereocenters. The van der Waals surface area contributed by atoms with Crippen molar-refractivity contribution in [2.24, 2.45) is 10.7 Å². The van der Waals surface area contributed by atoms with E-state index >= 15 is 0 Å². The Hall–Kier alpha value is -1.36. The Labute approximate surface area is 92.1 Å². The van der Waals surface area contributed by atoms with Crippen LogP contribution in [0.5, 0.6) is 0 Å². The molecule has 1 rings (SSSR count). The lowest BCUT2D eigenvalue weighted by Gasteiger charge is -2.04. The summed E-state index contributed by atoms with van der Waals surface area (Å²) in [6, 6.07) is 9.37. The van der Waals surface area contributed by atoms with Gasteiger partial charge in [0, 0.05) is 24.2 Å². The molecule has 82 valence electrons. The van der Waals surface area contributed by atoms with Crippen LogP contribution in [-0.4, -0.2) is 29.5 Å². The number of aliphatic imine (C=N–C) groups is 1. The second-order valence-corrected chi connectivity index (χ2v) is 4.47. The molecule has 0 amide bonds. The normalized spacial score (nSPS) is 13.5. The highest BCUT2D eigenvalue weighted by molar-refractivity contribution is 7.85. The van der Waals surface area contributed by atoms with E-state index in [2.05, 4.69) is 10.3 Å². The molecule has 1 aromatic rings. The summed E-state index contributed by atoms with van der Waals surface area (Å²) in [7, 11) is 0.633. The van der Waals surface area contributed by atoms with E-state index in [0.717, 1.165) is 4.90 Å². The summed E-state index contributed by atoms with van der Waals surface area (Å²) in [6.45, 7) is 0.560. The van der Waals surface area contributed by atoms with E-state index in [1.807, 2.05) is 30.3 Å². The lowest BCUT2D eigenvalue weighted by Crippen LogP contribution is -2.34. The minimum atomic E-state index is -0.975. The number of nitrogens with zero attached hydrogens (tertiary/aromatic N) is 1. The maximum atomic E-state index is 11.7. The third kappa shape index (κ3) is 4.12. The highest BCUT2D eigenvalue weighted by Gasteiger charge is 2.01. The van der Waals surface area contributed by atoms with Crippen molar-refractivity contribution in [2.45, 2.75) is 4.90 Å². The molecule has 0 heterocycles. The van der Waals surface area contributed by atoms with Crippen LogP contribution >= 0.6 is 0 Å². The molecule has 4 nitrogen and oxygen atoms in total. The van der Waals surface area contributed by atoms with Crippen LogP contribution in [-0.2, 0) is 10.8 Å². The number of nitrogens with one attached hydrogen (secondary N) is 1. The molecule has 0 saturated carbocycles. The maximum absolute atomic E-state index is 11.7. The van der Waals surface area contributed by atoms with Crippen molar-refractivity contribution in [3.63, 3.8) is 0 Å². The van der Waals surface area contributed by atoms with E-state index in [-0.39, 0.29) is 0 Å². The van der Waals surface area contributed by atoms with Gasteiger partial charge in [0.2, 0.25) is 0 Å². The molecule has 0 radical (unpaired) electrons. The fourth-order valence-corrected chi connectivity index (χ4v) is 2.02. The SMILES string of the molecule is CN=C(N)NCCS(=O)c1ccccc1. The van der Waals surface area contributed by atoms with Crippen molar-refractivity contribution >= 4 is 16.8 Å². The Bertz CT molecular complexity index is 351. The molecule has 1 atom stereocenters. The van der Waals surface area contributed by atoms with Gasteiger partial charge >= 0.3 is 0 Å². The van der Waals surface area contributed by atoms with Gasteiger partial charge in [-0.3, -0.25) is 9.20 Å². The Balaban J connectivity index is 2.38. The van der Waals surface area contributed by atoms with E-state index in [4.69, 9.17) is 5.73 Å². The van der Waals surface area contributed by atoms with Gasteiger partial charge in [0.05, 0.1) is 10.8 Å². The predicted molar refractivity (Wildman–Crippen MR) is 63.3 cm³/mol. The number of nitrogens with two attached hydrogens (primary N) is 1. The van der Waals surface area contributed by atoms with Crippen LogP contribution in [0.4, 0.5) is 0 Å². The van der Waals surface area contributed by atoms with Gasteiger partial charge in [0.25, 0.3) is 0 Å². The Morgan fingerprint density at radius 1 is 1.47 bits per heavy atom. The molecule has 3 N–H and O–H groups in total. The van der Waals surface area contributed by atoms with Crippen molar-refractivity contribution in [2.75, 3.05) is 19.3 Å². The monoisotopic (exact) mass is 225 g/mol. The van der Waals surface area contributed by atoms with Crippen LogP contribution in [0.15, 0.2) is 40.2 Å². The first-order chi connectivity index (χ1) is 7.24. The van der Waals surface area contributed by atoms with Crippen molar-refractivity contribution in [1.82, 2.24) is 5.32 Å². The second kappa shape index (κ2) is 6.19. The third-order valence-corrected chi connectivity index (χ3v) is 3.21. The van der Waals surface area contributed by atoms with Crippen LogP contribution in [0.25, 0.3) is 0 Å². The summed E-state index contributed by atoms with van der Waals surface area (Å²) >= 11 is 0. The lowest BCUT2D eigenvalue weighted by atomic mass is 10.4.